The minimum Gasteiger partial charge on any atom is -0.459 e. The average Bonchev–Trinajstić information content (AvgIpc) is 2.23. The first kappa shape index (κ1) is 15.5. The lowest BCUT2D eigenvalue weighted by Crippen LogP contribution is -2.25. The van der Waals surface area contributed by atoms with Crippen LogP contribution >= 0.6 is 11.8 Å². The number of hydrogen-bond acceptors (Lipinski definition) is 8. The fraction of sp³-hybridized carbons (Fsp3) is 0.636. The van der Waals surface area contributed by atoms with Crippen LogP contribution in [0.25, 0.3) is 0 Å². The summed E-state index contributed by atoms with van der Waals surface area (Å²) in [6.07, 6.45) is 0. The third-order valence-electron chi connectivity index (χ3n) is 1.76. The summed E-state index contributed by atoms with van der Waals surface area (Å²) in [5.74, 6) is 0.403. The molecule has 106 valence electrons. The Morgan fingerprint density at radius 3 is 2.47 bits per heavy atom. The zero-order valence-corrected chi connectivity index (χ0v) is 12.6. The lowest BCUT2D eigenvalue weighted by molar-refractivity contribution is -0.151. The molecule has 2 N–H and O–H groups in total. The minimum absolute atomic E-state index is 0.130. The molecule has 0 spiro atoms. The van der Waals surface area contributed by atoms with Crippen LogP contribution in [-0.2, 0) is 9.53 Å². The van der Waals surface area contributed by atoms with E-state index in [9.17, 15) is 4.79 Å². The first-order valence-corrected chi connectivity index (χ1v) is 6.69. The Morgan fingerprint density at radius 2 is 1.95 bits per heavy atom. The molecule has 8 heteroatoms. The van der Waals surface area contributed by atoms with E-state index in [1.165, 1.54) is 11.8 Å². The number of carbonyl (C=O) groups is 1. The summed E-state index contributed by atoms with van der Waals surface area (Å²) in [6, 6.07) is 0. The van der Waals surface area contributed by atoms with Crippen molar-refractivity contribution in [2.45, 2.75) is 31.5 Å². The fourth-order valence-corrected chi connectivity index (χ4v) is 1.73. The van der Waals surface area contributed by atoms with Gasteiger partial charge in [-0.25, -0.2) is 0 Å². The van der Waals surface area contributed by atoms with E-state index in [2.05, 4.69) is 15.0 Å². The number of carbonyl (C=O) groups excluding carboxylic acids is 1. The van der Waals surface area contributed by atoms with Gasteiger partial charge in [-0.15, -0.1) is 0 Å². The fourth-order valence-electron chi connectivity index (χ4n) is 1.12. The number of nitrogens with two attached hydrogens (primary N) is 1. The Kier molecular flexibility index (Phi) is 4.93. The SMILES string of the molecule is CN(C)c1nc(N)nc(SCC(=O)OC(C)(C)C)n1. The molecule has 0 radical (unpaired) electrons. The van der Waals surface area contributed by atoms with E-state index in [1.54, 1.807) is 19.0 Å². The third kappa shape index (κ3) is 5.73. The van der Waals surface area contributed by atoms with Crippen molar-refractivity contribution in [1.82, 2.24) is 15.0 Å². The monoisotopic (exact) mass is 285 g/mol. The minimum atomic E-state index is -0.495. The maximum Gasteiger partial charge on any atom is 0.316 e. The Hall–Kier alpha value is -1.57. The van der Waals surface area contributed by atoms with Gasteiger partial charge in [0.1, 0.15) is 5.60 Å². The lowest BCUT2D eigenvalue weighted by Gasteiger charge is -2.19. The van der Waals surface area contributed by atoms with Crippen LogP contribution in [0.2, 0.25) is 0 Å². The van der Waals surface area contributed by atoms with Gasteiger partial charge in [0, 0.05) is 14.1 Å². The highest BCUT2D eigenvalue weighted by Gasteiger charge is 2.17. The molecular weight excluding hydrogens is 266 g/mol. The second-order valence-electron chi connectivity index (χ2n) is 5.05. The predicted molar refractivity (Wildman–Crippen MR) is 75.1 cm³/mol. The summed E-state index contributed by atoms with van der Waals surface area (Å²) in [4.78, 5) is 25.4. The van der Waals surface area contributed by atoms with Gasteiger partial charge in [-0.3, -0.25) is 4.79 Å². The molecular formula is C11H19N5O2S. The van der Waals surface area contributed by atoms with Crippen LogP contribution in [0, 0.1) is 0 Å². The summed E-state index contributed by atoms with van der Waals surface area (Å²) < 4.78 is 5.19. The largest absolute Gasteiger partial charge is 0.459 e. The van der Waals surface area contributed by atoms with Crippen LogP contribution in [-0.4, -0.2) is 46.4 Å². The van der Waals surface area contributed by atoms with Crippen molar-refractivity contribution in [3.63, 3.8) is 0 Å². The zero-order valence-electron chi connectivity index (χ0n) is 11.8. The molecule has 0 saturated heterocycles. The van der Waals surface area contributed by atoms with Gasteiger partial charge < -0.3 is 15.4 Å². The maximum absolute atomic E-state index is 11.6. The topological polar surface area (TPSA) is 94.2 Å². The Bertz CT molecular complexity index is 459. The number of ether oxygens (including phenoxy) is 1. The summed E-state index contributed by atoms with van der Waals surface area (Å²) >= 11 is 1.17. The highest BCUT2D eigenvalue weighted by atomic mass is 32.2. The predicted octanol–water partition coefficient (Wildman–Crippen LogP) is 0.954. The van der Waals surface area contributed by atoms with Crippen molar-refractivity contribution in [2.24, 2.45) is 0 Å². The Morgan fingerprint density at radius 1 is 1.32 bits per heavy atom. The lowest BCUT2D eigenvalue weighted by atomic mass is 10.2. The summed E-state index contributed by atoms with van der Waals surface area (Å²) in [5, 5.41) is 0.405. The number of nitrogens with zero attached hydrogens (tertiary/aromatic N) is 4. The van der Waals surface area contributed by atoms with Gasteiger partial charge in [0.05, 0.1) is 5.75 Å². The molecule has 0 atom stereocenters. The van der Waals surface area contributed by atoms with Gasteiger partial charge >= 0.3 is 5.97 Å². The van der Waals surface area contributed by atoms with Crippen molar-refractivity contribution in [1.29, 1.82) is 0 Å². The normalized spacial score (nSPS) is 11.2. The van der Waals surface area contributed by atoms with Gasteiger partial charge in [0.2, 0.25) is 11.9 Å². The third-order valence-corrected chi connectivity index (χ3v) is 2.58. The summed E-state index contributed by atoms with van der Waals surface area (Å²) in [5.41, 5.74) is 5.09. The summed E-state index contributed by atoms with van der Waals surface area (Å²) in [6.45, 7) is 5.46. The highest BCUT2D eigenvalue weighted by molar-refractivity contribution is 7.99. The Labute approximate surface area is 117 Å². The van der Waals surface area contributed by atoms with E-state index >= 15 is 0 Å². The molecule has 0 unspecified atom stereocenters. The number of aromatic nitrogens is 3. The molecule has 0 aliphatic rings. The molecule has 7 nitrogen and oxygen atoms in total. The van der Waals surface area contributed by atoms with Crippen LogP contribution in [0.3, 0.4) is 0 Å². The molecule has 19 heavy (non-hydrogen) atoms. The molecule has 0 aliphatic heterocycles. The van der Waals surface area contributed by atoms with Crippen LogP contribution in [0.4, 0.5) is 11.9 Å². The molecule has 0 aliphatic carbocycles. The smallest absolute Gasteiger partial charge is 0.316 e. The van der Waals surface area contributed by atoms with E-state index in [0.717, 1.165) is 0 Å². The number of nitrogen functional groups attached to an aromatic ring is 1. The highest BCUT2D eigenvalue weighted by Crippen LogP contribution is 2.18. The van der Waals surface area contributed by atoms with Crippen molar-refractivity contribution in [3.05, 3.63) is 0 Å². The molecule has 0 bridgehead atoms. The van der Waals surface area contributed by atoms with Crippen molar-refractivity contribution in [2.75, 3.05) is 30.5 Å². The van der Waals surface area contributed by atoms with Gasteiger partial charge in [-0.1, -0.05) is 11.8 Å². The van der Waals surface area contributed by atoms with Crippen molar-refractivity contribution in [3.8, 4) is 0 Å². The van der Waals surface area contributed by atoms with Gasteiger partial charge in [0.15, 0.2) is 5.16 Å². The molecule has 0 aromatic carbocycles. The standard InChI is InChI=1S/C11H19N5O2S/c1-11(2,3)18-7(17)6-19-10-14-8(12)13-9(15-10)16(4)5/h6H2,1-5H3,(H2,12,13,14,15). The quantitative estimate of drug-likeness (QED) is 0.645. The van der Waals surface area contributed by atoms with E-state index in [-0.39, 0.29) is 17.7 Å². The zero-order chi connectivity index (χ0) is 14.6. The van der Waals surface area contributed by atoms with Gasteiger partial charge in [-0.05, 0) is 20.8 Å². The molecule has 1 aromatic rings. The molecule has 1 heterocycles. The maximum atomic E-state index is 11.6. The number of hydrogen-bond donors (Lipinski definition) is 1. The number of anilines is 2. The van der Waals surface area contributed by atoms with E-state index < -0.39 is 5.60 Å². The number of esters is 1. The second kappa shape index (κ2) is 6.05. The molecule has 1 aromatic heterocycles. The van der Waals surface area contributed by atoms with Crippen molar-refractivity contribution >= 4 is 29.6 Å². The molecule has 0 saturated carbocycles. The van der Waals surface area contributed by atoms with Crippen LogP contribution in [0.1, 0.15) is 20.8 Å². The molecule has 1 rings (SSSR count). The molecule has 0 fully saturated rings. The number of rotatable bonds is 4. The summed E-state index contributed by atoms with van der Waals surface area (Å²) in [7, 11) is 3.61. The van der Waals surface area contributed by atoms with Crippen molar-refractivity contribution < 1.29 is 9.53 Å². The Balaban J connectivity index is 2.65. The van der Waals surface area contributed by atoms with E-state index in [0.29, 0.717) is 11.1 Å². The van der Waals surface area contributed by atoms with Crippen LogP contribution < -0.4 is 10.6 Å². The molecule has 0 amide bonds. The van der Waals surface area contributed by atoms with Gasteiger partial charge in [0.25, 0.3) is 0 Å². The van der Waals surface area contributed by atoms with E-state index in [1.807, 2.05) is 20.8 Å². The first-order chi connectivity index (χ1) is 8.67. The van der Waals surface area contributed by atoms with Crippen LogP contribution in [0.5, 0.6) is 0 Å². The average molecular weight is 285 g/mol. The number of thioether (sulfide) groups is 1. The van der Waals surface area contributed by atoms with E-state index in [4.69, 9.17) is 10.5 Å². The second-order valence-corrected chi connectivity index (χ2v) is 5.99. The van der Waals surface area contributed by atoms with Crippen LogP contribution in [0.15, 0.2) is 5.16 Å². The van der Waals surface area contributed by atoms with Gasteiger partial charge in [-0.2, -0.15) is 15.0 Å². The first-order valence-electron chi connectivity index (χ1n) is 5.71.